The number of esters is 1. The normalized spacial score (nSPS) is 21.9. The maximum Gasteiger partial charge on any atom is 0.323 e. The van der Waals surface area contributed by atoms with Gasteiger partial charge in [0, 0.05) is 18.5 Å². The predicted octanol–water partition coefficient (Wildman–Crippen LogP) is 0.253. The van der Waals surface area contributed by atoms with Crippen LogP contribution in [0, 0.1) is 5.41 Å². The van der Waals surface area contributed by atoms with Gasteiger partial charge in [0.15, 0.2) is 0 Å². The molecule has 0 bridgehead atoms. The topological polar surface area (TPSA) is 97.4 Å². The van der Waals surface area contributed by atoms with Gasteiger partial charge in [-0.25, -0.2) is 0 Å². The summed E-state index contributed by atoms with van der Waals surface area (Å²) in [5.41, 5.74) is 6.04. The van der Waals surface area contributed by atoms with Crippen LogP contribution in [0.15, 0.2) is 24.3 Å². The average Bonchev–Trinajstić information content (AvgIpc) is 2.86. The van der Waals surface area contributed by atoms with Crippen molar-refractivity contribution >= 4 is 11.8 Å². The second-order valence-electron chi connectivity index (χ2n) is 4.40. The molecule has 1 heterocycles. The quantitative estimate of drug-likeness (QED) is 0.411. The smallest absolute Gasteiger partial charge is 0.323 e. The van der Waals surface area contributed by atoms with Crippen molar-refractivity contribution in [3.05, 3.63) is 29.8 Å². The Labute approximate surface area is 111 Å². The zero-order valence-electron chi connectivity index (χ0n) is 10.7. The van der Waals surface area contributed by atoms with Crippen LogP contribution < -0.4 is 15.8 Å². The van der Waals surface area contributed by atoms with Gasteiger partial charge in [-0.3, -0.25) is 10.2 Å². The van der Waals surface area contributed by atoms with Crippen LogP contribution in [0.2, 0.25) is 0 Å². The first-order chi connectivity index (χ1) is 9.10. The molecule has 0 unspecified atom stereocenters. The van der Waals surface area contributed by atoms with E-state index < -0.39 is 0 Å². The van der Waals surface area contributed by atoms with Crippen molar-refractivity contribution in [1.82, 2.24) is 5.32 Å². The van der Waals surface area contributed by atoms with Crippen molar-refractivity contribution < 1.29 is 14.3 Å². The van der Waals surface area contributed by atoms with Gasteiger partial charge < -0.3 is 20.5 Å². The second kappa shape index (κ2) is 5.71. The zero-order valence-corrected chi connectivity index (χ0v) is 10.7. The largest absolute Gasteiger partial charge is 0.489 e. The van der Waals surface area contributed by atoms with Gasteiger partial charge in [-0.2, -0.15) is 0 Å². The van der Waals surface area contributed by atoms with E-state index in [9.17, 15) is 4.79 Å². The van der Waals surface area contributed by atoms with Crippen molar-refractivity contribution in [1.29, 1.82) is 5.41 Å². The van der Waals surface area contributed by atoms with Crippen LogP contribution in [-0.2, 0) is 9.53 Å². The summed E-state index contributed by atoms with van der Waals surface area (Å²) in [4.78, 5) is 11.4. The molecular weight excluding hydrogens is 246 g/mol. The number of benzene rings is 1. The van der Waals surface area contributed by atoms with E-state index in [1.807, 2.05) is 0 Å². The van der Waals surface area contributed by atoms with Gasteiger partial charge in [-0.05, 0) is 12.1 Å². The van der Waals surface area contributed by atoms with Gasteiger partial charge in [-0.1, -0.05) is 12.1 Å². The molecule has 1 aliphatic rings. The van der Waals surface area contributed by atoms with Crippen LogP contribution in [-0.4, -0.2) is 37.6 Å². The number of ether oxygens (including phenoxy) is 2. The van der Waals surface area contributed by atoms with E-state index >= 15 is 0 Å². The Morgan fingerprint density at radius 2 is 2.32 bits per heavy atom. The fourth-order valence-electron chi connectivity index (χ4n) is 2.04. The number of carbonyl (C=O) groups excluding carboxylic acids is 1. The third-order valence-corrected chi connectivity index (χ3v) is 3.02. The molecule has 4 N–H and O–H groups in total. The lowest BCUT2D eigenvalue weighted by Crippen LogP contribution is -2.31. The van der Waals surface area contributed by atoms with E-state index in [0.717, 1.165) is 0 Å². The number of carbonyl (C=O) groups is 1. The number of hydrogen-bond acceptors (Lipinski definition) is 5. The molecular formula is C13H17N3O3. The summed E-state index contributed by atoms with van der Waals surface area (Å²) in [6.45, 7) is 0.587. The fourth-order valence-corrected chi connectivity index (χ4v) is 2.04. The molecule has 6 nitrogen and oxygen atoms in total. The minimum atomic E-state index is -0.314. The van der Waals surface area contributed by atoms with Crippen LogP contribution in [0.5, 0.6) is 5.75 Å². The third-order valence-electron chi connectivity index (χ3n) is 3.02. The summed E-state index contributed by atoms with van der Waals surface area (Å²) in [5, 5.41) is 10.4. The maximum absolute atomic E-state index is 11.4. The number of nitrogens with two attached hydrogens (primary N) is 1. The van der Waals surface area contributed by atoms with Gasteiger partial charge in [0.1, 0.15) is 23.7 Å². The summed E-state index contributed by atoms with van der Waals surface area (Å²) in [5.74, 6) is 0.371. The van der Waals surface area contributed by atoms with Crippen molar-refractivity contribution in [2.75, 3.05) is 13.7 Å². The van der Waals surface area contributed by atoms with Crippen molar-refractivity contribution in [3.63, 3.8) is 0 Å². The molecule has 1 fully saturated rings. The third kappa shape index (κ3) is 3.23. The van der Waals surface area contributed by atoms with Crippen LogP contribution in [0.1, 0.15) is 12.0 Å². The number of rotatable bonds is 4. The van der Waals surface area contributed by atoms with E-state index in [1.165, 1.54) is 7.11 Å². The Balaban J connectivity index is 1.97. The first-order valence-electron chi connectivity index (χ1n) is 6.02. The van der Waals surface area contributed by atoms with Crippen molar-refractivity contribution in [2.24, 2.45) is 5.73 Å². The Morgan fingerprint density at radius 3 is 3.00 bits per heavy atom. The molecule has 2 atom stereocenters. The lowest BCUT2D eigenvalue weighted by molar-refractivity contribution is -0.142. The standard InChI is InChI=1S/C13H17N3O3/c1-18-13(17)11-6-10(7-16-11)19-9-4-2-3-8(5-9)12(14)15/h2-5,10-11,16H,6-7H2,1H3,(H3,14,15)/t10-,11+/m1/s1. The summed E-state index contributed by atoms with van der Waals surface area (Å²) in [7, 11) is 1.37. The highest BCUT2D eigenvalue weighted by molar-refractivity contribution is 5.95. The highest BCUT2D eigenvalue weighted by atomic mass is 16.5. The average molecular weight is 263 g/mol. The minimum Gasteiger partial charge on any atom is -0.489 e. The van der Waals surface area contributed by atoms with E-state index in [-0.39, 0.29) is 24.0 Å². The molecule has 0 amide bonds. The molecule has 1 aliphatic heterocycles. The van der Waals surface area contributed by atoms with Gasteiger partial charge in [0.25, 0.3) is 0 Å². The molecule has 1 aromatic carbocycles. The van der Waals surface area contributed by atoms with Crippen LogP contribution in [0.4, 0.5) is 0 Å². The number of amidine groups is 1. The Bertz CT molecular complexity index is 490. The highest BCUT2D eigenvalue weighted by Gasteiger charge is 2.31. The lowest BCUT2D eigenvalue weighted by atomic mass is 10.2. The number of methoxy groups -OCH3 is 1. The molecule has 2 rings (SSSR count). The molecule has 19 heavy (non-hydrogen) atoms. The summed E-state index contributed by atoms with van der Waals surface area (Å²) >= 11 is 0. The molecule has 0 aromatic heterocycles. The summed E-state index contributed by atoms with van der Waals surface area (Å²) in [6.07, 6.45) is 0.475. The molecule has 0 spiro atoms. The minimum absolute atomic E-state index is 0.00225. The van der Waals surface area contributed by atoms with Crippen molar-refractivity contribution in [3.8, 4) is 5.75 Å². The Morgan fingerprint density at radius 1 is 1.53 bits per heavy atom. The molecule has 0 aliphatic carbocycles. The van der Waals surface area contributed by atoms with Crippen LogP contribution in [0.25, 0.3) is 0 Å². The zero-order chi connectivity index (χ0) is 13.8. The SMILES string of the molecule is COC(=O)[C@@H]1C[C@@H](Oc2cccc(C(=N)N)c2)CN1. The Hall–Kier alpha value is -2.08. The second-order valence-corrected chi connectivity index (χ2v) is 4.40. The number of nitrogen functional groups attached to an aromatic ring is 1. The van der Waals surface area contributed by atoms with Gasteiger partial charge in [-0.15, -0.1) is 0 Å². The van der Waals surface area contributed by atoms with Gasteiger partial charge in [0.05, 0.1) is 7.11 Å². The summed E-state index contributed by atoms with van der Waals surface area (Å²) in [6, 6.07) is 6.74. The summed E-state index contributed by atoms with van der Waals surface area (Å²) < 4.78 is 10.5. The molecule has 6 heteroatoms. The Kier molecular flexibility index (Phi) is 4.01. The van der Waals surface area contributed by atoms with Crippen LogP contribution >= 0.6 is 0 Å². The first-order valence-corrected chi connectivity index (χ1v) is 6.02. The van der Waals surface area contributed by atoms with Gasteiger partial charge in [0.2, 0.25) is 0 Å². The molecule has 1 aromatic rings. The van der Waals surface area contributed by atoms with E-state index in [0.29, 0.717) is 24.3 Å². The predicted molar refractivity (Wildman–Crippen MR) is 70.3 cm³/mol. The van der Waals surface area contributed by atoms with E-state index in [1.54, 1.807) is 24.3 Å². The molecule has 1 saturated heterocycles. The van der Waals surface area contributed by atoms with Gasteiger partial charge >= 0.3 is 5.97 Å². The lowest BCUT2D eigenvalue weighted by Gasteiger charge is -2.13. The molecule has 102 valence electrons. The maximum atomic E-state index is 11.4. The number of hydrogen-bond donors (Lipinski definition) is 3. The fraction of sp³-hybridized carbons (Fsp3) is 0.385. The van der Waals surface area contributed by atoms with E-state index in [4.69, 9.17) is 15.9 Å². The number of nitrogens with one attached hydrogen (secondary N) is 2. The molecule has 0 saturated carbocycles. The van der Waals surface area contributed by atoms with E-state index in [2.05, 4.69) is 10.1 Å². The van der Waals surface area contributed by atoms with Crippen LogP contribution in [0.3, 0.4) is 0 Å². The monoisotopic (exact) mass is 263 g/mol. The van der Waals surface area contributed by atoms with Crippen molar-refractivity contribution in [2.45, 2.75) is 18.6 Å². The molecule has 0 radical (unpaired) electrons. The highest BCUT2D eigenvalue weighted by Crippen LogP contribution is 2.19. The first kappa shape index (κ1) is 13.4.